The van der Waals surface area contributed by atoms with E-state index in [1.807, 2.05) is 0 Å². The summed E-state index contributed by atoms with van der Waals surface area (Å²) >= 11 is 0. The zero-order valence-electron chi connectivity index (χ0n) is 8.75. The van der Waals surface area contributed by atoms with Gasteiger partial charge in [0, 0.05) is 0 Å². The molecule has 4 nitrogen and oxygen atoms in total. The molecule has 0 bridgehead atoms. The minimum Gasteiger partial charge on any atom is -0.508 e. The van der Waals surface area contributed by atoms with Gasteiger partial charge in [-0.3, -0.25) is 0 Å². The number of phenols is 1. The fourth-order valence-corrected chi connectivity index (χ4v) is 1.06. The molecule has 0 unspecified atom stereocenters. The van der Waals surface area contributed by atoms with Crippen LogP contribution in [0, 0.1) is 0 Å². The molecule has 0 aliphatic heterocycles. The molecule has 0 aliphatic rings. The maximum atomic E-state index is 10.6. The zero-order valence-corrected chi connectivity index (χ0v) is 8.75. The lowest BCUT2D eigenvalue weighted by Crippen LogP contribution is -2.01. The quantitative estimate of drug-likeness (QED) is 0.463. The lowest BCUT2D eigenvalue weighted by molar-refractivity contribution is -0.136. The summed E-state index contributed by atoms with van der Waals surface area (Å²) in [5.74, 6) is -1.05. The fraction of sp³-hybridized carbons (Fsp3) is 0.0833. The van der Waals surface area contributed by atoms with Crippen molar-refractivity contribution in [1.29, 1.82) is 0 Å². The first-order valence-electron chi connectivity index (χ1n) is 4.58. The summed E-state index contributed by atoms with van der Waals surface area (Å²) in [6.07, 6.45) is 4.63. The van der Waals surface area contributed by atoms with Crippen LogP contribution in [0.25, 0.3) is 6.08 Å². The second-order valence-electron chi connectivity index (χ2n) is 2.99. The lowest BCUT2D eigenvalue weighted by Gasteiger charge is -1.97. The molecule has 1 aromatic rings. The van der Waals surface area contributed by atoms with Crippen LogP contribution in [0.4, 0.5) is 0 Å². The highest BCUT2D eigenvalue weighted by Gasteiger charge is 2.03. The number of carboxylic acids is 1. The number of hydrogen-bond donors (Lipinski definition) is 2. The molecule has 0 spiro atoms. The molecule has 2 N–H and O–H groups in total. The van der Waals surface area contributed by atoms with Crippen molar-refractivity contribution in [2.45, 2.75) is 0 Å². The summed E-state index contributed by atoms with van der Waals surface area (Å²) in [6.45, 7) is 0. The fourth-order valence-electron chi connectivity index (χ4n) is 1.06. The number of ether oxygens (including phenoxy) is 1. The Bertz CT molecular complexity index is 415. The van der Waals surface area contributed by atoms with Gasteiger partial charge in [-0.2, -0.15) is 0 Å². The summed E-state index contributed by atoms with van der Waals surface area (Å²) in [5.41, 5.74) is 0.856. The van der Waals surface area contributed by atoms with Crippen molar-refractivity contribution in [1.82, 2.24) is 0 Å². The van der Waals surface area contributed by atoms with E-state index in [1.54, 1.807) is 36.4 Å². The van der Waals surface area contributed by atoms with Gasteiger partial charge < -0.3 is 14.9 Å². The molecule has 16 heavy (non-hydrogen) atoms. The Kier molecular flexibility index (Phi) is 4.15. The summed E-state index contributed by atoms with van der Waals surface area (Å²) in [5, 5.41) is 17.7. The van der Waals surface area contributed by atoms with Crippen molar-refractivity contribution in [3.8, 4) is 5.75 Å². The highest BCUT2D eigenvalue weighted by Crippen LogP contribution is 2.10. The van der Waals surface area contributed by atoms with Crippen LogP contribution in [-0.2, 0) is 9.53 Å². The third-order valence-electron chi connectivity index (χ3n) is 1.86. The molecule has 0 radical (unpaired) electrons. The van der Waals surface area contributed by atoms with Gasteiger partial charge in [-0.25, -0.2) is 4.79 Å². The molecule has 84 valence electrons. The van der Waals surface area contributed by atoms with Gasteiger partial charge in [-0.15, -0.1) is 0 Å². The van der Waals surface area contributed by atoms with Gasteiger partial charge in [0.2, 0.25) is 5.76 Å². The first-order valence-corrected chi connectivity index (χ1v) is 4.58. The molecule has 0 fully saturated rings. The first kappa shape index (κ1) is 11.8. The average Bonchev–Trinajstić information content (AvgIpc) is 2.26. The number of benzene rings is 1. The Labute approximate surface area is 93.1 Å². The largest absolute Gasteiger partial charge is 0.508 e. The first-order chi connectivity index (χ1) is 7.63. The van der Waals surface area contributed by atoms with Crippen LogP contribution in [0.1, 0.15) is 5.56 Å². The van der Waals surface area contributed by atoms with E-state index in [4.69, 9.17) is 10.2 Å². The van der Waals surface area contributed by atoms with E-state index in [0.29, 0.717) is 0 Å². The average molecular weight is 220 g/mol. The molecular formula is C12H12O4. The number of methoxy groups -OCH3 is 1. The van der Waals surface area contributed by atoms with E-state index < -0.39 is 5.97 Å². The minimum absolute atomic E-state index is 0.130. The SMILES string of the molecule is CO/C(=C/C=C/c1ccc(O)cc1)C(=O)O. The van der Waals surface area contributed by atoms with Gasteiger partial charge in [-0.1, -0.05) is 24.3 Å². The molecule has 1 rings (SSSR count). The second kappa shape index (κ2) is 5.60. The molecular weight excluding hydrogens is 208 g/mol. The predicted octanol–water partition coefficient (Wildman–Crippen LogP) is 2.02. The molecule has 0 aliphatic carbocycles. The van der Waals surface area contributed by atoms with Gasteiger partial charge in [0.05, 0.1) is 7.11 Å². The Morgan fingerprint density at radius 1 is 1.31 bits per heavy atom. The third kappa shape index (κ3) is 3.49. The molecule has 0 heterocycles. The van der Waals surface area contributed by atoms with E-state index in [-0.39, 0.29) is 11.5 Å². The smallest absolute Gasteiger partial charge is 0.371 e. The molecule has 0 saturated heterocycles. The van der Waals surface area contributed by atoms with Gasteiger partial charge in [-0.05, 0) is 23.8 Å². The number of aliphatic carboxylic acids is 1. The lowest BCUT2D eigenvalue weighted by atomic mass is 10.2. The molecule has 0 atom stereocenters. The van der Waals surface area contributed by atoms with Crippen molar-refractivity contribution in [2.24, 2.45) is 0 Å². The minimum atomic E-state index is -1.11. The zero-order chi connectivity index (χ0) is 12.0. The van der Waals surface area contributed by atoms with Crippen molar-refractivity contribution in [2.75, 3.05) is 7.11 Å². The highest BCUT2D eigenvalue weighted by molar-refractivity contribution is 5.84. The molecule has 0 saturated carbocycles. The van der Waals surface area contributed by atoms with E-state index in [1.165, 1.54) is 13.2 Å². The van der Waals surface area contributed by atoms with Crippen molar-refractivity contribution in [3.05, 3.63) is 47.7 Å². The van der Waals surface area contributed by atoms with Crippen LogP contribution < -0.4 is 0 Å². The van der Waals surface area contributed by atoms with Crippen LogP contribution in [-0.4, -0.2) is 23.3 Å². The van der Waals surface area contributed by atoms with E-state index in [0.717, 1.165) is 5.56 Å². The van der Waals surface area contributed by atoms with Gasteiger partial charge in [0.25, 0.3) is 0 Å². The maximum absolute atomic E-state index is 10.6. The van der Waals surface area contributed by atoms with Gasteiger partial charge in [0.15, 0.2) is 0 Å². The van der Waals surface area contributed by atoms with E-state index in [9.17, 15) is 4.79 Å². The summed E-state index contributed by atoms with van der Waals surface area (Å²) in [6, 6.07) is 6.54. The van der Waals surface area contributed by atoms with Gasteiger partial charge >= 0.3 is 5.97 Å². The predicted molar refractivity (Wildman–Crippen MR) is 59.9 cm³/mol. The topological polar surface area (TPSA) is 66.8 Å². The van der Waals surface area contributed by atoms with E-state index >= 15 is 0 Å². The molecule has 0 amide bonds. The Hall–Kier alpha value is -2.23. The van der Waals surface area contributed by atoms with Crippen LogP contribution in [0.2, 0.25) is 0 Å². The van der Waals surface area contributed by atoms with Crippen molar-refractivity contribution >= 4 is 12.0 Å². The molecule has 1 aromatic carbocycles. The van der Waals surface area contributed by atoms with Crippen LogP contribution in [0.5, 0.6) is 5.75 Å². The number of allylic oxidation sites excluding steroid dienone is 2. The Balaban J connectivity index is 2.74. The Morgan fingerprint density at radius 3 is 2.44 bits per heavy atom. The number of carboxylic acid groups (broad SMARTS) is 1. The normalized spacial score (nSPS) is 11.7. The van der Waals surface area contributed by atoms with Crippen molar-refractivity contribution < 1.29 is 19.7 Å². The number of phenolic OH excluding ortho intramolecular Hbond substituents is 1. The number of rotatable bonds is 4. The number of aromatic hydroxyl groups is 1. The second-order valence-corrected chi connectivity index (χ2v) is 2.99. The standard InChI is InChI=1S/C12H12O4/c1-16-11(12(14)15)4-2-3-9-5-7-10(13)8-6-9/h2-8,13H,1H3,(H,14,15)/b3-2+,11-4+. The summed E-state index contributed by atoms with van der Waals surface area (Å²) in [7, 11) is 1.30. The molecule has 4 heteroatoms. The van der Waals surface area contributed by atoms with Crippen LogP contribution in [0.15, 0.2) is 42.2 Å². The number of hydrogen-bond acceptors (Lipinski definition) is 3. The summed E-state index contributed by atoms with van der Waals surface area (Å²) < 4.78 is 4.64. The third-order valence-corrected chi connectivity index (χ3v) is 1.86. The number of carbonyl (C=O) groups is 1. The van der Waals surface area contributed by atoms with Crippen molar-refractivity contribution in [3.63, 3.8) is 0 Å². The van der Waals surface area contributed by atoms with Gasteiger partial charge in [0.1, 0.15) is 5.75 Å². The molecule has 0 aromatic heterocycles. The van der Waals surface area contributed by atoms with Crippen LogP contribution >= 0.6 is 0 Å². The highest BCUT2D eigenvalue weighted by atomic mass is 16.5. The van der Waals surface area contributed by atoms with Crippen LogP contribution in [0.3, 0.4) is 0 Å². The summed E-state index contributed by atoms with van der Waals surface area (Å²) in [4.78, 5) is 10.6. The maximum Gasteiger partial charge on any atom is 0.371 e. The van der Waals surface area contributed by atoms with E-state index in [2.05, 4.69) is 4.74 Å². The monoisotopic (exact) mass is 220 g/mol. The Morgan fingerprint density at radius 2 is 1.94 bits per heavy atom.